The zero-order valence-electron chi connectivity index (χ0n) is 14.0. The van der Waals surface area contributed by atoms with Crippen molar-refractivity contribution in [1.29, 1.82) is 0 Å². The summed E-state index contributed by atoms with van der Waals surface area (Å²) in [5.74, 6) is 0.866. The van der Waals surface area contributed by atoms with E-state index in [4.69, 9.17) is 9.84 Å². The molecule has 1 amide bonds. The van der Waals surface area contributed by atoms with Gasteiger partial charge in [-0.1, -0.05) is 12.1 Å². The molecule has 0 bridgehead atoms. The predicted molar refractivity (Wildman–Crippen MR) is 91.7 cm³/mol. The second-order valence-corrected chi connectivity index (χ2v) is 6.09. The summed E-state index contributed by atoms with van der Waals surface area (Å²) in [4.78, 5) is 14.8. The van der Waals surface area contributed by atoms with Gasteiger partial charge in [-0.3, -0.25) is 4.79 Å². The zero-order valence-corrected chi connectivity index (χ0v) is 14.0. The molecule has 2 N–H and O–H groups in total. The van der Waals surface area contributed by atoms with Crippen molar-refractivity contribution >= 4 is 11.6 Å². The molecule has 1 aliphatic heterocycles. The number of nitrogens with zero attached hydrogens (tertiary/aromatic N) is 1. The monoisotopic (exact) mass is 320 g/mol. The molecule has 0 saturated carbocycles. The SMILES string of the molecule is COc1ccccc1NC(=O)C1CCN(CCCCCO)CC1. The van der Waals surface area contributed by atoms with Crippen LogP contribution in [0, 0.1) is 5.92 Å². The number of benzene rings is 1. The Kier molecular flexibility index (Phi) is 7.36. The van der Waals surface area contributed by atoms with Crippen LogP contribution >= 0.6 is 0 Å². The third-order valence-electron chi connectivity index (χ3n) is 4.46. The Hall–Kier alpha value is -1.59. The fraction of sp³-hybridized carbons (Fsp3) is 0.611. The minimum atomic E-state index is 0.0774. The number of unbranched alkanes of at least 4 members (excludes halogenated alkanes) is 2. The standard InChI is InChI=1S/C18H28N2O3/c1-23-17-8-4-3-7-16(17)19-18(22)15-9-12-20(13-10-15)11-5-2-6-14-21/h3-4,7-8,15,21H,2,5-6,9-14H2,1H3,(H,19,22). The van der Waals surface area contributed by atoms with Crippen molar-refractivity contribution in [2.45, 2.75) is 32.1 Å². The number of hydrogen-bond donors (Lipinski definition) is 2. The molecule has 1 saturated heterocycles. The Balaban J connectivity index is 1.75. The number of rotatable bonds is 8. The summed E-state index contributed by atoms with van der Waals surface area (Å²) in [6.45, 7) is 3.30. The van der Waals surface area contributed by atoms with E-state index in [0.29, 0.717) is 5.75 Å². The van der Waals surface area contributed by atoms with Gasteiger partial charge in [0, 0.05) is 12.5 Å². The summed E-state index contributed by atoms with van der Waals surface area (Å²) in [5, 5.41) is 11.8. The number of anilines is 1. The van der Waals surface area contributed by atoms with Gasteiger partial charge in [-0.15, -0.1) is 0 Å². The van der Waals surface area contributed by atoms with Crippen LogP contribution in [-0.2, 0) is 4.79 Å². The van der Waals surface area contributed by atoms with Crippen LogP contribution in [-0.4, -0.2) is 49.3 Å². The molecule has 0 aliphatic carbocycles. The van der Waals surface area contributed by atoms with E-state index in [1.807, 2.05) is 24.3 Å². The number of likely N-dealkylation sites (tertiary alicyclic amines) is 1. The predicted octanol–water partition coefficient (Wildman–Crippen LogP) is 2.51. The summed E-state index contributed by atoms with van der Waals surface area (Å²) in [5.41, 5.74) is 0.742. The summed E-state index contributed by atoms with van der Waals surface area (Å²) >= 11 is 0. The number of ether oxygens (including phenoxy) is 1. The average Bonchev–Trinajstić information content (AvgIpc) is 2.59. The first-order valence-corrected chi connectivity index (χ1v) is 8.51. The largest absolute Gasteiger partial charge is 0.495 e. The molecule has 1 aliphatic rings. The highest BCUT2D eigenvalue weighted by molar-refractivity contribution is 5.94. The molecule has 1 heterocycles. The second-order valence-electron chi connectivity index (χ2n) is 6.09. The lowest BCUT2D eigenvalue weighted by atomic mass is 9.95. The van der Waals surface area contributed by atoms with Gasteiger partial charge < -0.3 is 20.1 Å². The molecule has 128 valence electrons. The lowest BCUT2D eigenvalue weighted by molar-refractivity contribution is -0.121. The van der Waals surface area contributed by atoms with Crippen LogP contribution in [0.3, 0.4) is 0 Å². The highest BCUT2D eigenvalue weighted by Crippen LogP contribution is 2.25. The molecule has 1 aromatic rings. The van der Waals surface area contributed by atoms with Crippen LogP contribution in [0.15, 0.2) is 24.3 Å². The van der Waals surface area contributed by atoms with Gasteiger partial charge in [-0.25, -0.2) is 0 Å². The smallest absolute Gasteiger partial charge is 0.227 e. The van der Waals surface area contributed by atoms with Crippen LogP contribution in [0.1, 0.15) is 32.1 Å². The van der Waals surface area contributed by atoms with E-state index in [9.17, 15) is 4.79 Å². The van der Waals surface area contributed by atoms with Gasteiger partial charge in [0.1, 0.15) is 5.75 Å². The number of aliphatic hydroxyl groups excluding tert-OH is 1. The maximum Gasteiger partial charge on any atom is 0.227 e. The van der Waals surface area contributed by atoms with Crippen molar-refractivity contribution in [2.75, 3.05) is 38.7 Å². The van der Waals surface area contributed by atoms with Crippen molar-refractivity contribution in [3.63, 3.8) is 0 Å². The highest BCUT2D eigenvalue weighted by Gasteiger charge is 2.25. The van der Waals surface area contributed by atoms with Gasteiger partial charge in [0.05, 0.1) is 12.8 Å². The summed E-state index contributed by atoms with van der Waals surface area (Å²) in [7, 11) is 1.61. The number of hydrogen-bond acceptors (Lipinski definition) is 4. The topological polar surface area (TPSA) is 61.8 Å². The number of aliphatic hydroxyl groups is 1. The molecule has 1 fully saturated rings. The molecule has 5 heteroatoms. The average molecular weight is 320 g/mol. The zero-order chi connectivity index (χ0) is 16.5. The third-order valence-corrected chi connectivity index (χ3v) is 4.46. The highest BCUT2D eigenvalue weighted by atomic mass is 16.5. The van der Waals surface area contributed by atoms with E-state index in [0.717, 1.165) is 57.4 Å². The molecule has 0 spiro atoms. The molecule has 0 aromatic heterocycles. The van der Waals surface area contributed by atoms with Gasteiger partial charge in [0.25, 0.3) is 0 Å². The Morgan fingerprint density at radius 3 is 2.70 bits per heavy atom. The van der Waals surface area contributed by atoms with Gasteiger partial charge in [-0.2, -0.15) is 0 Å². The van der Waals surface area contributed by atoms with Crippen LogP contribution in [0.5, 0.6) is 5.75 Å². The molecular formula is C18H28N2O3. The number of methoxy groups -OCH3 is 1. The third kappa shape index (κ3) is 5.52. The molecule has 5 nitrogen and oxygen atoms in total. The number of para-hydroxylation sites is 2. The molecule has 2 rings (SSSR count). The van der Waals surface area contributed by atoms with Crippen LogP contribution in [0.2, 0.25) is 0 Å². The van der Waals surface area contributed by atoms with Crippen molar-refractivity contribution in [3.05, 3.63) is 24.3 Å². The Morgan fingerprint density at radius 2 is 2.00 bits per heavy atom. The van der Waals surface area contributed by atoms with E-state index in [-0.39, 0.29) is 18.4 Å². The normalized spacial score (nSPS) is 16.3. The lowest BCUT2D eigenvalue weighted by Gasteiger charge is -2.31. The van der Waals surface area contributed by atoms with E-state index >= 15 is 0 Å². The number of carbonyl (C=O) groups excluding carboxylic acids is 1. The molecule has 1 aromatic carbocycles. The molecule has 23 heavy (non-hydrogen) atoms. The Labute approximate surface area is 138 Å². The summed E-state index contributed by atoms with van der Waals surface area (Å²) in [6.07, 6.45) is 4.89. The number of amides is 1. The van der Waals surface area contributed by atoms with Crippen molar-refractivity contribution < 1.29 is 14.6 Å². The first-order valence-electron chi connectivity index (χ1n) is 8.51. The van der Waals surface area contributed by atoms with E-state index < -0.39 is 0 Å². The fourth-order valence-electron chi connectivity index (χ4n) is 3.03. The molecule has 0 atom stereocenters. The van der Waals surface area contributed by atoms with Crippen molar-refractivity contribution in [3.8, 4) is 5.75 Å². The van der Waals surface area contributed by atoms with Crippen LogP contribution in [0.25, 0.3) is 0 Å². The second kappa shape index (κ2) is 9.53. The van der Waals surface area contributed by atoms with Gasteiger partial charge in [-0.05, 0) is 63.9 Å². The van der Waals surface area contributed by atoms with Crippen molar-refractivity contribution in [1.82, 2.24) is 4.90 Å². The lowest BCUT2D eigenvalue weighted by Crippen LogP contribution is -2.38. The van der Waals surface area contributed by atoms with Gasteiger partial charge >= 0.3 is 0 Å². The van der Waals surface area contributed by atoms with E-state index in [2.05, 4.69) is 10.2 Å². The summed E-state index contributed by atoms with van der Waals surface area (Å²) in [6, 6.07) is 7.51. The molecule has 0 unspecified atom stereocenters. The van der Waals surface area contributed by atoms with Crippen LogP contribution in [0.4, 0.5) is 5.69 Å². The summed E-state index contributed by atoms with van der Waals surface area (Å²) < 4.78 is 5.27. The van der Waals surface area contributed by atoms with Gasteiger partial charge in [0.2, 0.25) is 5.91 Å². The van der Waals surface area contributed by atoms with E-state index in [1.54, 1.807) is 7.11 Å². The minimum absolute atomic E-state index is 0.0774. The maximum atomic E-state index is 12.4. The number of nitrogens with one attached hydrogen (secondary N) is 1. The number of piperidine rings is 1. The first-order chi connectivity index (χ1) is 11.2. The minimum Gasteiger partial charge on any atom is -0.495 e. The van der Waals surface area contributed by atoms with Crippen LogP contribution < -0.4 is 10.1 Å². The fourth-order valence-corrected chi connectivity index (χ4v) is 3.03. The Bertz CT molecular complexity index is 485. The quantitative estimate of drug-likeness (QED) is 0.723. The van der Waals surface area contributed by atoms with Crippen molar-refractivity contribution in [2.24, 2.45) is 5.92 Å². The number of carbonyl (C=O) groups is 1. The molecular weight excluding hydrogens is 292 g/mol. The van der Waals surface area contributed by atoms with E-state index in [1.165, 1.54) is 0 Å². The Morgan fingerprint density at radius 1 is 1.26 bits per heavy atom. The van der Waals surface area contributed by atoms with Gasteiger partial charge in [0.15, 0.2) is 0 Å². The maximum absolute atomic E-state index is 12.4. The first kappa shape index (κ1) is 17.8. The molecule has 0 radical (unpaired) electrons.